The zero-order valence-corrected chi connectivity index (χ0v) is 13.4. The van der Waals surface area contributed by atoms with Gasteiger partial charge in [0.15, 0.2) is 0 Å². The average molecular weight is 287 g/mol. The lowest BCUT2D eigenvalue weighted by Gasteiger charge is -2.36. The van der Waals surface area contributed by atoms with Crippen molar-refractivity contribution in [3.05, 3.63) is 70.3 Å². The van der Waals surface area contributed by atoms with Crippen molar-refractivity contribution in [1.29, 1.82) is 0 Å². The lowest BCUT2D eigenvalue weighted by Crippen LogP contribution is -2.26. The Morgan fingerprint density at radius 1 is 1.00 bits per heavy atom. The van der Waals surface area contributed by atoms with E-state index in [0.717, 1.165) is 6.54 Å². The van der Waals surface area contributed by atoms with Crippen LogP contribution in [-0.4, -0.2) is 0 Å². The summed E-state index contributed by atoms with van der Waals surface area (Å²) in [6, 6.07) is 16.4. The van der Waals surface area contributed by atoms with Crippen LogP contribution in [0.5, 0.6) is 0 Å². The van der Waals surface area contributed by atoms with Gasteiger partial charge in [0.05, 0.1) is 6.04 Å². The van der Waals surface area contributed by atoms with Crippen LogP contribution in [0, 0.1) is 5.41 Å². The van der Waals surface area contributed by atoms with E-state index in [1.54, 1.807) is 11.1 Å². The molecule has 0 saturated carbocycles. The van der Waals surface area contributed by atoms with Gasteiger partial charge in [-0.2, -0.15) is 0 Å². The summed E-state index contributed by atoms with van der Waals surface area (Å²) in [4.78, 5) is 2.63. The van der Waals surface area contributed by atoms with Crippen LogP contribution in [0.4, 0.5) is 5.69 Å². The molecule has 3 aliphatic rings. The fraction of sp³-hybridized carbons (Fsp3) is 0.333. The number of hydrogen-bond acceptors (Lipinski definition) is 1. The van der Waals surface area contributed by atoms with Gasteiger partial charge >= 0.3 is 0 Å². The first kappa shape index (κ1) is 12.5. The second-order valence-electron chi connectivity index (χ2n) is 7.88. The molecule has 0 aromatic heterocycles. The van der Waals surface area contributed by atoms with Gasteiger partial charge in [0.1, 0.15) is 0 Å². The molecule has 2 aromatic rings. The monoisotopic (exact) mass is 287 g/mol. The highest BCUT2D eigenvalue weighted by Crippen LogP contribution is 2.61. The van der Waals surface area contributed by atoms with E-state index in [-0.39, 0.29) is 5.41 Å². The predicted octanol–water partition coefficient (Wildman–Crippen LogP) is 5.29. The van der Waals surface area contributed by atoms with Crippen molar-refractivity contribution in [2.24, 2.45) is 5.41 Å². The van der Waals surface area contributed by atoms with Gasteiger partial charge < -0.3 is 4.90 Å². The van der Waals surface area contributed by atoms with Crippen molar-refractivity contribution in [2.75, 3.05) is 4.90 Å². The zero-order chi connectivity index (χ0) is 15.1. The number of hydrogen-bond donors (Lipinski definition) is 0. The molecule has 22 heavy (non-hydrogen) atoms. The van der Waals surface area contributed by atoms with Crippen LogP contribution >= 0.6 is 0 Å². The largest absolute Gasteiger partial charge is 0.359 e. The third-order valence-corrected chi connectivity index (χ3v) is 5.61. The highest BCUT2D eigenvalue weighted by molar-refractivity contribution is 5.78. The first-order chi connectivity index (χ1) is 10.6. The first-order valence-corrected chi connectivity index (χ1v) is 8.25. The van der Waals surface area contributed by atoms with Gasteiger partial charge in [-0.15, -0.1) is 0 Å². The first-order valence-electron chi connectivity index (χ1n) is 8.25. The van der Waals surface area contributed by atoms with Crippen LogP contribution < -0.4 is 4.90 Å². The minimum Gasteiger partial charge on any atom is -0.359 e. The maximum absolute atomic E-state index is 2.63. The maximum atomic E-state index is 2.63. The molecule has 1 nitrogen and oxygen atoms in total. The normalized spacial score (nSPS) is 24.1. The van der Waals surface area contributed by atoms with Crippen molar-refractivity contribution in [3.8, 4) is 0 Å². The topological polar surface area (TPSA) is 3.24 Å². The number of anilines is 1. The van der Waals surface area contributed by atoms with E-state index < -0.39 is 0 Å². The molecule has 2 atom stereocenters. The Labute approximate surface area is 132 Å². The number of rotatable bonds is 0. The molecule has 2 unspecified atom stereocenters. The van der Waals surface area contributed by atoms with Crippen LogP contribution in [0.3, 0.4) is 0 Å². The summed E-state index contributed by atoms with van der Waals surface area (Å²) >= 11 is 0. The van der Waals surface area contributed by atoms with E-state index in [1.807, 2.05) is 0 Å². The molecule has 2 aromatic carbocycles. The minimum absolute atomic E-state index is 0.198. The fourth-order valence-corrected chi connectivity index (χ4v) is 4.74. The van der Waals surface area contributed by atoms with Gasteiger partial charge in [0.2, 0.25) is 0 Å². The minimum atomic E-state index is 0.198. The van der Waals surface area contributed by atoms with Crippen molar-refractivity contribution >= 4 is 11.8 Å². The van der Waals surface area contributed by atoms with Gasteiger partial charge in [-0.1, -0.05) is 68.8 Å². The third kappa shape index (κ3) is 1.39. The molecule has 1 heteroatoms. The second kappa shape index (κ2) is 3.84. The molecule has 5 rings (SSSR count). The quantitative estimate of drug-likeness (QED) is 0.636. The summed E-state index contributed by atoms with van der Waals surface area (Å²) < 4.78 is 0. The van der Waals surface area contributed by atoms with Gasteiger partial charge in [-0.3, -0.25) is 0 Å². The molecule has 0 radical (unpaired) electrons. The summed E-state index contributed by atoms with van der Waals surface area (Å²) in [6.07, 6.45) is 2.48. The molecular weight excluding hydrogens is 266 g/mol. The molecule has 110 valence electrons. The Morgan fingerprint density at radius 3 is 2.64 bits per heavy atom. The number of para-hydroxylation sites is 1. The summed E-state index contributed by atoms with van der Waals surface area (Å²) in [5.41, 5.74) is 9.29. The van der Waals surface area contributed by atoms with Gasteiger partial charge in [-0.05, 0) is 33.7 Å². The summed E-state index contributed by atoms with van der Waals surface area (Å²) in [7, 11) is 0. The lowest BCUT2D eigenvalue weighted by molar-refractivity contribution is 0.444. The summed E-state index contributed by atoms with van der Waals surface area (Å²) in [5, 5.41) is 0. The zero-order valence-electron chi connectivity index (χ0n) is 13.4. The summed E-state index contributed by atoms with van der Waals surface area (Å²) in [6.45, 7) is 8.13. The Balaban J connectivity index is 1.85. The van der Waals surface area contributed by atoms with Crippen LogP contribution in [0.25, 0.3) is 6.08 Å². The highest BCUT2D eigenvalue weighted by atomic mass is 15.2. The van der Waals surface area contributed by atoms with Crippen molar-refractivity contribution in [2.45, 2.75) is 39.3 Å². The van der Waals surface area contributed by atoms with Crippen molar-refractivity contribution in [1.82, 2.24) is 0 Å². The van der Waals surface area contributed by atoms with E-state index in [1.165, 1.54) is 22.4 Å². The molecule has 0 bridgehead atoms. The molecule has 0 fully saturated rings. The van der Waals surface area contributed by atoms with E-state index >= 15 is 0 Å². The predicted molar refractivity (Wildman–Crippen MR) is 92.0 cm³/mol. The van der Waals surface area contributed by atoms with Crippen LogP contribution in [0.2, 0.25) is 0 Å². The van der Waals surface area contributed by atoms with E-state index in [0.29, 0.717) is 12.0 Å². The van der Waals surface area contributed by atoms with Crippen molar-refractivity contribution in [3.63, 3.8) is 0 Å². The van der Waals surface area contributed by atoms with Gasteiger partial charge in [0, 0.05) is 18.2 Å². The van der Waals surface area contributed by atoms with Gasteiger partial charge in [-0.25, -0.2) is 0 Å². The molecule has 0 saturated heterocycles. The number of nitrogens with zero attached hydrogens (tertiary/aromatic N) is 1. The molecular formula is C21H21N. The van der Waals surface area contributed by atoms with E-state index in [4.69, 9.17) is 0 Å². The molecule has 2 aliphatic heterocycles. The van der Waals surface area contributed by atoms with Crippen LogP contribution in [0.15, 0.2) is 48.0 Å². The van der Waals surface area contributed by atoms with Gasteiger partial charge in [0.25, 0.3) is 0 Å². The summed E-state index contributed by atoms with van der Waals surface area (Å²) in [5.74, 6) is 0.521. The highest BCUT2D eigenvalue weighted by Gasteiger charge is 2.49. The second-order valence-corrected chi connectivity index (χ2v) is 7.88. The van der Waals surface area contributed by atoms with Crippen molar-refractivity contribution < 1.29 is 0 Å². The average Bonchev–Trinajstić information content (AvgIpc) is 3.01. The van der Waals surface area contributed by atoms with E-state index in [2.05, 4.69) is 74.2 Å². The Kier molecular flexibility index (Phi) is 2.18. The fourth-order valence-electron chi connectivity index (χ4n) is 4.74. The van der Waals surface area contributed by atoms with Crippen LogP contribution in [0.1, 0.15) is 55.0 Å². The molecule has 2 heterocycles. The maximum Gasteiger partial charge on any atom is 0.0662 e. The number of fused-ring (bicyclic) bond motifs is 3. The van der Waals surface area contributed by atoms with Crippen LogP contribution in [-0.2, 0) is 6.54 Å². The lowest BCUT2D eigenvalue weighted by atomic mass is 9.69. The molecule has 0 spiro atoms. The SMILES string of the molecule is CC(C)(C)C1=Cc2cccc3c2C2C1c1ccccc1N2C3. The third-order valence-electron chi connectivity index (χ3n) is 5.61. The Hall–Kier alpha value is -2.02. The molecule has 0 N–H and O–H groups in total. The Bertz CT molecular complexity index is 822. The molecule has 1 aliphatic carbocycles. The number of benzene rings is 2. The Morgan fingerprint density at radius 2 is 1.82 bits per heavy atom. The smallest absolute Gasteiger partial charge is 0.0662 e. The standard InChI is InChI=1S/C21H21N/c1-21(2,3)16-11-13-7-6-8-14-12-22-17-10-5-4-9-15(17)19(16)20(22)18(13)14/h4-11,19-20H,12H2,1-3H3. The molecule has 0 amide bonds. The van der Waals surface area contributed by atoms with E-state index in [9.17, 15) is 0 Å².